The minimum absolute atomic E-state index is 0.397. The highest BCUT2D eigenvalue weighted by Gasteiger charge is 2.21. The fourth-order valence-electron chi connectivity index (χ4n) is 2.90. The second-order valence-corrected chi connectivity index (χ2v) is 5.76. The molecule has 0 aliphatic heterocycles. The lowest BCUT2D eigenvalue weighted by atomic mass is 10.1. The molecule has 4 N–H and O–H groups in total. The lowest BCUT2D eigenvalue weighted by molar-refractivity contribution is 0.536. The summed E-state index contributed by atoms with van der Waals surface area (Å²) in [6.07, 6.45) is 3.89. The standard InChI is InChI=1S/C14H27N7/c1-4-21(5-2)14-18-12(17-13(19-14)20-15)16-9-11-7-6-10(3)8-11/h10-11H,4-9,15H2,1-3H3,(H2,16,17,18,19,20). The van der Waals surface area contributed by atoms with Gasteiger partial charge in [-0.2, -0.15) is 15.0 Å². The number of aromatic nitrogens is 3. The molecule has 0 aromatic carbocycles. The van der Waals surface area contributed by atoms with E-state index in [0.717, 1.165) is 25.6 Å². The van der Waals surface area contributed by atoms with Gasteiger partial charge in [-0.25, -0.2) is 5.84 Å². The first-order valence-electron chi connectivity index (χ1n) is 7.87. The van der Waals surface area contributed by atoms with Gasteiger partial charge in [0.25, 0.3) is 0 Å². The van der Waals surface area contributed by atoms with Crippen molar-refractivity contribution in [3.05, 3.63) is 0 Å². The molecule has 0 spiro atoms. The highest BCUT2D eigenvalue weighted by Crippen LogP contribution is 2.30. The molecule has 0 radical (unpaired) electrons. The van der Waals surface area contributed by atoms with Gasteiger partial charge in [0.05, 0.1) is 0 Å². The molecule has 7 nitrogen and oxygen atoms in total. The first-order valence-corrected chi connectivity index (χ1v) is 7.87. The first kappa shape index (κ1) is 15.8. The summed E-state index contributed by atoms with van der Waals surface area (Å²) in [5.41, 5.74) is 2.52. The number of hydrazine groups is 1. The summed E-state index contributed by atoms with van der Waals surface area (Å²) in [7, 11) is 0. The van der Waals surface area contributed by atoms with E-state index in [4.69, 9.17) is 5.84 Å². The first-order chi connectivity index (χ1) is 10.2. The van der Waals surface area contributed by atoms with Crippen LogP contribution in [0.15, 0.2) is 0 Å². The molecular weight excluding hydrogens is 266 g/mol. The van der Waals surface area contributed by atoms with Gasteiger partial charge in [0.15, 0.2) is 0 Å². The van der Waals surface area contributed by atoms with Crippen LogP contribution in [0.4, 0.5) is 17.8 Å². The molecule has 118 valence electrons. The van der Waals surface area contributed by atoms with Gasteiger partial charge >= 0.3 is 0 Å². The van der Waals surface area contributed by atoms with Crippen LogP contribution in [-0.4, -0.2) is 34.6 Å². The number of hydrogen-bond acceptors (Lipinski definition) is 7. The maximum absolute atomic E-state index is 5.46. The van der Waals surface area contributed by atoms with Crippen molar-refractivity contribution >= 4 is 17.8 Å². The van der Waals surface area contributed by atoms with Crippen molar-refractivity contribution in [3.8, 4) is 0 Å². The van der Waals surface area contributed by atoms with Crippen molar-refractivity contribution in [3.63, 3.8) is 0 Å². The van der Waals surface area contributed by atoms with Gasteiger partial charge < -0.3 is 10.2 Å². The molecule has 1 heterocycles. The van der Waals surface area contributed by atoms with Crippen molar-refractivity contribution in [2.75, 3.05) is 35.3 Å². The van der Waals surface area contributed by atoms with Crippen LogP contribution in [0.5, 0.6) is 0 Å². The van der Waals surface area contributed by atoms with Crippen molar-refractivity contribution in [2.24, 2.45) is 17.7 Å². The monoisotopic (exact) mass is 293 g/mol. The van der Waals surface area contributed by atoms with E-state index in [2.05, 4.69) is 51.4 Å². The van der Waals surface area contributed by atoms with E-state index in [1.807, 2.05) is 0 Å². The minimum Gasteiger partial charge on any atom is -0.354 e. The van der Waals surface area contributed by atoms with E-state index in [0.29, 0.717) is 23.8 Å². The Morgan fingerprint density at radius 3 is 2.43 bits per heavy atom. The van der Waals surface area contributed by atoms with Gasteiger partial charge in [0.2, 0.25) is 17.8 Å². The normalized spacial score (nSPS) is 21.3. The molecule has 0 bridgehead atoms. The number of rotatable bonds is 7. The maximum atomic E-state index is 5.46. The third kappa shape index (κ3) is 4.17. The number of nitrogens with one attached hydrogen (secondary N) is 2. The Kier molecular flexibility index (Phi) is 5.55. The van der Waals surface area contributed by atoms with Crippen LogP contribution in [0.25, 0.3) is 0 Å². The number of nitrogens with zero attached hydrogens (tertiary/aromatic N) is 4. The van der Waals surface area contributed by atoms with Gasteiger partial charge in [0, 0.05) is 19.6 Å². The Bertz CT molecular complexity index is 447. The zero-order chi connectivity index (χ0) is 15.2. The SMILES string of the molecule is CCN(CC)c1nc(NN)nc(NCC2CCC(C)C2)n1. The smallest absolute Gasteiger partial charge is 0.243 e. The van der Waals surface area contributed by atoms with Crippen LogP contribution in [-0.2, 0) is 0 Å². The summed E-state index contributed by atoms with van der Waals surface area (Å²) in [6, 6.07) is 0. The zero-order valence-electron chi connectivity index (χ0n) is 13.3. The maximum Gasteiger partial charge on any atom is 0.243 e. The molecule has 1 fully saturated rings. The Morgan fingerprint density at radius 2 is 1.86 bits per heavy atom. The molecule has 2 rings (SSSR count). The molecule has 1 aromatic heterocycles. The van der Waals surface area contributed by atoms with E-state index in [9.17, 15) is 0 Å². The van der Waals surface area contributed by atoms with E-state index in [-0.39, 0.29) is 0 Å². The van der Waals surface area contributed by atoms with Gasteiger partial charge in [-0.1, -0.05) is 13.3 Å². The molecule has 1 aliphatic carbocycles. The molecule has 21 heavy (non-hydrogen) atoms. The Morgan fingerprint density at radius 1 is 1.14 bits per heavy atom. The number of nitrogens with two attached hydrogens (primary N) is 1. The summed E-state index contributed by atoms with van der Waals surface area (Å²) < 4.78 is 0. The van der Waals surface area contributed by atoms with Crippen molar-refractivity contribution in [2.45, 2.75) is 40.0 Å². The summed E-state index contributed by atoms with van der Waals surface area (Å²) in [5.74, 6) is 8.66. The van der Waals surface area contributed by atoms with Crippen molar-refractivity contribution in [1.29, 1.82) is 0 Å². The van der Waals surface area contributed by atoms with Crippen LogP contribution in [0, 0.1) is 11.8 Å². The zero-order valence-corrected chi connectivity index (χ0v) is 13.3. The summed E-state index contributed by atoms with van der Waals surface area (Å²) in [5, 5.41) is 3.34. The largest absolute Gasteiger partial charge is 0.354 e. The lowest BCUT2D eigenvalue weighted by Crippen LogP contribution is -2.26. The molecule has 7 heteroatoms. The number of nitrogen functional groups attached to an aromatic ring is 1. The third-order valence-electron chi connectivity index (χ3n) is 4.15. The van der Waals surface area contributed by atoms with Crippen LogP contribution >= 0.6 is 0 Å². The van der Waals surface area contributed by atoms with Gasteiger partial charge in [0.1, 0.15) is 0 Å². The van der Waals surface area contributed by atoms with Crippen LogP contribution in [0.2, 0.25) is 0 Å². The lowest BCUT2D eigenvalue weighted by Gasteiger charge is -2.20. The van der Waals surface area contributed by atoms with Crippen LogP contribution in [0.3, 0.4) is 0 Å². The molecule has 0 saturated heterocycles. The third-order valence-corrected chi connectivity index (χ3v) is 4.15. The van der Waals surface area contributed by atoms with Gasteiger partial charge in [-0.3, -0.25) is 5.43 Å². The second-order valence-electron chi connectivity index (χ2n) is 5.76. The molecule has 1 aliphatic rings. The highest BCUT2D eigenvalue weighted by molar-refractivity contribution is 5.43. The van der Waals surface area contributed by atoms with E-state index < -0.39 is 0 Å². The van der Waals surface area contributed by atoms with Gasteiger partial charge in [-0.05, 0) is 38.5 Å². The van der Waals surface area contributed by atoms with Crippen molar-refractivity contribution in [1.82, 2.24) is 15.0 Å². The summed E-state index contributed by atoms with van der Waals surface area (Å²) in [6.45, 7) is 9.09. The minimum atomic E-state index is 0.397. The molecular formula is C14H27N7. The summed E-state index contributed by atoms with van der Waals surface area (Å²) >= 11 is 0. The molecule has 1 aromatic rings. The van der Waals surface area contributed by atoms with E-state index >= 15 is 0 Å². The van der Waals surface area contributed by atoms with E-state index in [1.165, 1.54) is 19.3 Å². The molecule has 2 atom stereocenters. The Hall–Kier alpha value is -1.63. The molecule has 0 amide bonds. The molecule has 1 saturated carbocycles. The predicted octanol–water partition coefficient (Wildman–Crippen LogP) is 1.85. The number of anilines is 3. The molecule has 2 unspecified atom stereocenters. The highest BCUT2D eigenvalue weighted by atomic mass is 15.4. The number of hydrogen-bond donors (Lipinski definition) is 3. The van der Waals surface area contributed by atoms with Crippen molar-refractivity contribution < 1.29 is 0 Å². The fourth-order valence-corrected chi connectivity index (χ4v) is 2.90. The Balaban J connectivity index is 2.05. The Labute approximate surface area is 126 Å². The predicted molar refractivity (Wildman–Crippen MR) is 86.2 cm³/mol. The average Bonchev–Trinajstić information content (AvgIpc) is 2.92. The van der Waals surface area contributed by atoms with Crippen LogP contribution in [0.1, 0.15) is 40.0 Å². The average molecular weight is 293 g/mol. The summed E-state index contributed by atoms with van der Waals surface area (Å²) in [4.78, 5) is 15.2. The fraction of sp³-hybridized carbons (Fsp3) is 0.786. The quantitative estimate of drug-likeness (QED) is 0.522. The topological polar surface area (TPSA) is 92.0 Å². The van der Waals surface area contributed by atoms with Gasteiger partial charge in [-0.15, -0.1) is 0 Å². The second kappa shape index (κ2) is 7.40. The van der Waals surface area contributed by atoms with Crippen LogP contribution < -0.4 is 21.5 Å². The van der Waals surface area contributed by atoms with E-state index in [1.54, 1.807) is 0 Å².